The molecule has 0 saturated carbocycles. The van der Waals surface area contributed by atoms with Crippen LogP contribution in [0.5, 0.6) is 0 Å². The van der Waals surface area contributed by atoms with Gasteiger partial charge in [0.15, 0.2) is 11.4 Å². The molecule has 0 unspecified atom stereocenters. The fourth-order valence-electron chi connectivity index (χ4n) is 2.12. The van der Waals surface area contributed by atoms with Crippen molar-refractivity contribution < 1.29 is 9.59 Å². The zero-order chi connectivity index (χ0) is 12.2. The van der Waals surface area contributed by atoms with E-state index in [1.54, 1.807) is 0 Å². The van der Waals surface area contributed by atoms with Crippen LogP contribution in [-0.4, -0.2) is 20.3 Å². The molecule has 1 aliphatic carbocycles. The number of nitrogens with zero attached hydrogens (tertiary/aromatic N) is 2. The number of aromatic nitrogens is 2. The lowest BCUT2D eigenvalue weighted by Gasteiger charge is -2.16. The first kappa shape index (κ1) is 10.3. The molecular weight excluding hydrogens is 236 g/mol. The molecule has 0 bridgehead atoms. The summed E-state index contributed by atoms with van der Waals surface area (Å²) in [7, 11) is 0. The maximum absolute atomic E-state index is 12.2. The lowest BCUT2D eigenvalue weighted by Crippen LogP contribution is -2.23. The van der Waals surface area contributed by atoms with E-state index in [0.717, 1.165) is 22.9 Å². The molecule has 0 atom stereocenters. The third-order valence-electron chi connectivity index (χ3n) is 2.99. The minimum atomic E-state index is -0.190. The standard InChI is InChI=1S/C12H8N2O2S/c1-5-3-4-6(2)8-7(5)11(15)9-10(12(8)16)14-17-13-9/h3-4H,1-2H3. The molecule has 0 amide bonds. The molecule has 0 spiro atoms. The van der Waals surface area contributed by atoms with Crippen molar-refractivity contribution in [3.8, 4) is 0 Å². The highest BCUT2D eigenvalue weighted by Crippen LogP contribution is 2.30. The molecule has 3 rings (SSSR count). The van der Waals surface area contributed by atoms with Crippen molar-refractivity contribution in [2.75, 3.05) is 0 Å². The third-order valence-corrected chi connectivity index (χ3v) is 3.52. The van der Waals surface area contributed by atoms with Crippen molar-refractivity contribution in [1.29, 1.82) is 0 Å². The summed E-state index contributed by atoms with van der Waals surface area (Å²) in [5.41, 5.74) is 2.97. The van der Waals surface area contributed by atoms with Crippen LogP contribution < -0.4 is 0 Å². The van der Waals surface area contributed by atoms with Gasteiger partial charge in [-0.3, -0.25) is 9.59 Å². The second-order valence-corrected chi connectivity index (χ2v) is 4.60. The fourth-order valence-corrected chi connectivity index (χ4v) is 2.66. The van der Waals surface area contributed by atoms with Crippen LogP contribution in [-0.2, 0) is 0 Å². The number of hydrogen-bond acceptors (Lipinski definition) is 5. The van der Waals surface area contributed by atoms with Crippen molar-refractivity contribution in [1.82, 2.24) is 8.75 Å². The van der Waals surface area contributed by atoms with Gasteiger partial charge in [-0.05, 0) is 25.0 Å². The Hall–Kier alpha value is -1.88. The normalized spacial score (nSPS) is 13.5. The average molecular weight is 244 g/mol. The van der Waals surface area contributed by atoms with Crippen molar-refractivity contribution in [2.24, 2.45) is 0 Å². The summed E-state index contributed by atoms with van der Waals surface area (Å²) < 4.78 is 7.84. The van der Waals surface area contributed by atoms with Crippen molar-refractivity contribution in [2.45, 2.75) is 13.8 Å². The van der Waals surface area contributed by atoms with E-state index in [2.05, 4.69) is 8.75 Å². The van der Waals surface area contributed by atoms with Crippen LogP contribution in [0.4, 0.5) is 0 Å². The van der Waals surface area contributed by atoms with Crippen LogP contribution in [0, 0.1) is 13.8 Å². The minimum absolute atomic E-state index is 0.190. The van der Waals surface area contributed by atoms with Gasteiger partial charge in [0.05, 0.1) is 11.7 Å². The van der Waals surface area contributed by atoms with Crippen molar-refractivity contribution >= 4 is 23.3 Å². The Kier molecular flexibility index (Phi) is 2.00. The number of aryl methyl sites for hydroxylation is 2. The van der Waals surface area contributed by atoms with E-state index in [0.29, 0.717) is 11.1 Å². The first-order chi connectivity index (χ1) is 8.11. The van der Waals surface area contributed by atoms with Crippen LogP contribution in [0.1, 0.15) is 43.2 Å². The van der Waals surface area contributed by atoms with E-state index in [-0.39, 0.29) is 23.0 Å². The molecule has 84 valence electrons. The highest BCUT2D eigenvalue weighted by molar-refractivity contribution is 6.99. The summed E-state index contributed by atoms with van der Waals surface area (Å²) in [6.45, 7) is 3.66. The smallest absolute Gasteiger partial charge is 0.215 e. The Balaban J connectivity index is 2.42. The number of carbonyl (C=O) groups is 2. The molecule has 0 saturated heterocycles. The van der Waals surface area contributed by atoms with Gasteiger partial charge in [0.1, 0.15) is 0 Å². The molecule has 1 aliphatic rings. The Morgan fingerprint density at radius 2 is 1.29 bits per heavy atom. The Morgan fingerprint density at radius 3 is 1.71 bits per heavy atom. The first-order valence-corrected chi connectivity index (χ1v) is 5.86. The molecule has 0 radical (unpaired) electrons. The lowest BCUT2D eigenvalue weighted by molar-refractivity contribution is 0.0973. The topological polar surface area (TPSA) is 59.9 Å². The maximum atomic E-state index is 12.2. The van der Waals surface area contributed by atoms with Gasteiger partial charge in [0.25, 0.3) is 0 Å². The van der Waals surface area contributed by atoms with Gasteiger partial charge < -0.3 is 0 Å². The SMILES string of the molecule is Cc1ccc(C)c2c1C(=O)c1nsnc1C2=O. The number of rotatable bonds is 0. The predicted octanol–water partition coefficient (Wildman–Crippen LogP) is 1.93. The first-order valence-electron chi connectivity index (χ1n) is 5.13. The highest BCUT2D eigenvalue weighted by Gasteiger charge is 2.35. The van der Waals surface area contributed by atoms with E-state index in [1.165, 1.54) is 0 Å². The Bertz CT molecular complexity index is 618. The molecule has 17 heavy (non-hydrogen) atoms. The zero-order valence-corrected chi connectivity index (χ0v) is 10.1. The third kappa shape index (κ3) is 1.23. The van der Waals surface area contributed by atoms with Gasteiger partial charge >= 0.3 is 0 Å². The quantitative estimate of drug-likeness (QED) is 0.606. The number of fused-ring (bicyclic) bond motifs is 2. The van der Waals surface area contributed by atoms with Crippen LogP contribution in [0.3, 0.4) is 0 Å². The van der Waals surface area contributed by atoms with Crippen molar-refractivity contribution in [3.05, 3.63) is 45.8 Å². The number of carbonyl (C=O) groups excluding carboxylic acids is 2. The van der Waals surface area contributed by atoms with Gasteiger partial charge in [-0.1, -0.05) is 12.1 Å². The summed E-state index contributed by atoms with van der Waals surface area (Å²) in [6.07, 6.45) is 0. The van der Waals surface area contributed by atoms with Gasteiger partial charge in [0, 0.05) is 11.1 Å². The van der Waals surface area contributed by atoms with E-state index in [1.807, 2.05) is 26.0 Å². The van der Waals surface area contributed by atoms with E-state index in [4.69, 9.17) is 0 Å². The van der Waals surface area contributed by atoms with E-state index >= 15 is 0 Å². The molecule has 1 aromatic heterocycles. The predicted molar refractivity (Wildman–Crippen MR) is 62.7 cm³/mol. The molecule has 2 aromatic rings. The summed E-state index contributed by atoms with van der Waals surface area (Å²) in [6, 6.07) is 3.70. The van der Waals surface area contributed by atoms with Crippen LogP contribution >= 0.6 is 11.7 Å². The summed E-state index contributed by atoms with van der Waals surface area (Å²) in [5.74, 6) is -0.380. The van der Waals surface area contributed by atoms with Crippen molar-refractivity contribution in [3.63, 3.8) is 0 Å². The zero-order valence-electron chi connectivity index (χ0n) is 9.27. The minimum Gasteiger partial charge on any atom is -0.287 e. The molecule has 0 fully saturated rings. The van der Waals surface area contributed by atoms with Gasteiger partial charge in [-0.15, -0.1) is 0 Å². The molecule has 5 heteroatoms. The molecular formula is C12H8N2O2S. The number of benzene rings is 1. The van der Waals surface area contributed by atoms with Crippen LogP contribution in [0.2, 0.25) is 0 Å². The molecule has 1 heterocycles. The highest BCUT2D eigenvalue weighted by atomic mass is 32.1. The van der Waals surface area contributed by atoms with E-state index in [9.17, 15) is 9.59 Å². The monoisotopic (exact) mass is 244 g/mol. The summed E-state index contributed by atoms with van der Waals surface area (Å²) in [4.78, 5) is 24.5. The summed E-state index contributed by atoms with van der Waals surface area (Å²) >= 11 is 0.904. The largest absolute Gasteiger partial charge is 0.287 e. The fraction of sp³-hybridized carbons (Fsp3) is 0.167. The van der Waals surface area contributed by atoms with Gasteiger partial charge in [-0.25, -0.2) is 0 Å². The summed E-state index contributed by atoms with van der Waals surface area (Å²) in [5, 5.41) is 0. The Labute approximate surface area is 102 Å². The van der Waals surface area contributed by atoms with Gasteiger partial charge in [0.2, 0.25) is 11.6 Å². The number of ketones is 2. The van der Waals surface area contributed by atoms with Crippen LogP contribution in [0.15, 0.2) is 12.1 Å². The van der Waals surface area contributed by atoms with Crippen LogP contribution in [0.25, 0.3) is 0 Å². The van der Waals surface area contributed by atoms with Gasteiger partial charge in [-0.2, -0.15) is 8.75 Å². The Morgan fingerprint density at radius 1 is 0.882 bits per heavy atom. The number of hydrogen-bond donors (Lipinski definition) is 0. The molecule has 0 aliphatic heterocycles. The molecule has 1 aromatic carbocycles. The molecule has 4 nitrogen and oxygen atoms in total. The maximum Gasteiger partial charge on any atom is 0.215 e. The van der Waals surface area contributed by atoms with E-state index < -0.39 is 0 Å². The lowest BCUT2D eigenvalue weighted by atomic mass is 9.84. The molecule has 0 N–H and O–H groups in total. The average Bonchev–Trinajstić information content (AvgIpc) is 2.78. The second kappa shape index (κ2) is 3.30. The second-order valence-electron chi connectivity index (χ2n) is 4.07.